The molecule has 0 unspecified atom stereocenters. The molecule has 1 saturated heterocycles. The molecule has 1 amide bonds. The van der Waals surface area contributed by atoms with E-state index in [-0.39, 0.29) is 5.91 Å². The van der Waals surface area contributed by atoms with Gasteiger partial charge in [-0.15, -0.1) is 21.5 Å². The van der Waals surface area contributed by atoms with E-state index in [0.29, 0.717) is 18.3 Å². The van der Waals surface area contributed by atoms with Crippen LogP contribution in [0.4, 0.5) is 0 Å². The fourth-order valence-electron chi connectivity index (χ4n) is 3.12. The number of carbonyl (C=O) groups is 1. The number of pyridine rings is 1. The van der Waals surface area contributed by atoms with Crippen molar-refractivity contribution in [3.63, 3.8) is 0 Å². The molecular formula is C17H18N6OS. The monoisotopic (exact) mass is 354 g/mol. The number of likely N-dealkylation sites (tertiary alicyclic amines) is 1. The molecule has 8 heteroatoms. The predicted octanol–water partition coefficient (Wildman–Crippen LogP) is 2.35. The van der Waals surface area contributed by atoms with Crippen LogP contribution in [0.2, 0.25) is 0 Å². The lowest BCUT2D eigenvalue weighted by molar-refractivity contribution is 0.0661. The summed E-state index contributed by atoms with van der Waals surface area (Å²) in [6.45, 7) is 2.23. The normalized spacial score (nSPS) is 17.6. The van der Waals surface area contributed by atoms with E-state index in [1.54, 1.807) is 17.2 Å². The third-order valence-corrected chi connectivity index (χ3v) is 5.21. The Kier molecular flexibility index (Phi) is 4.51. The highest BCUT2D eigenvalue weighted by atomic mass is 32.1. The summed E-state index contributed by atoms with van der Waals surface area (Å²) in [5, 5.41) is 14.7. The van der Waals surface area contributed by atoms with Gasteiger partial charge in [0.1, 0.15) is 0 Å². The van der Waals surface area contributed by atoms with E-state index in [9.17, 15) is 4.79 Å². The molecule has 0 bridgehead atoms. The van der Waals surface area contributed by atoms with Crippen LogP contribution in [-0.2, 0) is 6.54 Å². The van der Waals surface area contributed by atoms with Crippen molar-refractivity contribution in [2.24, 2.45) is 5.92 Å². The SMILES string of the molecule is O=C(c1cccs1)N1CCC[C@@H](Cn2nnc(-c3ccncc3)n2)C1. The summed E-state index contributed by atoms with van der Waals surface area (Å²) >= 11 is 1.49. The van der Waals surface area contributed by atoms with Gasteiger partial charge < -0.3 is 4.90 Å². The molecular weight excluding hydrogens is 336 g/mol. The van der Waals surface area contributed by atoms with Crippen LogP contribution in [0.5, 0.6) is 0 Å². The molecule has 1 aliphatic heterocycles. The third-order valence-electron chi connectivity index (χ3n) is 4.35. The van der Waals surface area contributed by atoms with Gasteiger partial charge in [0.15, 0.2) is 0 Å². The number of amides is 1. The summed E-state index contributed by atoms with van der Waals surface area (Å²) in [6, 6.07) is 7.53. The Balaban J connectivity index is 1.41. The van der Waals surface area contributed by atoms with Crippen molar-refractivity contribution in [3.8, 4) is 11.4 Å². The van der Waals surface area contributed by atoms with Crippen molar-refractivity contribution in [2.75, 3.05) is 13.1 Å². The van der Waals surface area contributed by atoms with E-state index in [0.717, 1.165) is 36.4 Å². The van der Waals surface area contributed by atoms with Crippen LogP contribution in [0.15, 0.2) is 42.0 Å². The van der Waals surface area contributed by atoms with E-state index >= 15 is 0 Å². The van der Waals surface area contributed by atoms with Crippen LogP contribution in [0.1, 0.15) is 22.5 Å². The first-order valence-electron chi connectivity index (χ1n) is 8.30. The summed E-state index contributed by atoms with van der Waals surface area (Å²) in [6.07, 6.45) is 5.50. The van der Waals surface area contributed by atoms with Crippen LogP contribution in [-0.4, -0.2) is 49.1 Å². The summed E-state index contributed by atoms with van der Waals surface area (Å²) < 4.78 is 0. The van der Waals surface area contributed by atoms with Gasteiger partial charge in [-0.1, -0.05) is 6.07 Å². The molecule has 1 fully saturated rings. The first kappa shape index (κ1) is 15.9. The predicted molar refractivity (Wildman–Crippen MR) is 94.0 cm³/mol. The molecule has 0 radical (unpaired) electrons. The molecule has 0 aromatic carbocycles. The van der Waals surface area contributed by atoms with Crippen molar-refractivity contribution < 1.29 is 4.79 Å². The molecule has 1 aliphatic rings. The number of nitrogens with zero attached hydrogens (tertiary/aromatic N) is 6. The van der Waals surface area contributed by atoms with Crippen LogP contribution in [0.25, 0.3) is 11.4 Å². The van der Waals surface area contributed by atoms with Gasteiger partial charge in [0, 0.05) is 31.0 Å². The number of carbonyl (C=O) groups excluding carboxylic acids is 1. The Hall–Kier alpha value is -2.61. The molecule has 4 heterocycles. The summed E-state index contributed by atoms with van der Waals surface area (Å²) in [4.78, 5) is 20.9. The third kappa shape index (κ3) is 3.58. The molecule has 0 aliphatic carbocycles. The minimum atomic E-state index is 0.128. The Bertz CT molecular complexity index is 832. The lowest BCUT2D eigenvalue weighted by atomic mass is 9.98. The minimum absolute atomic E-state index is 0.128. The second kappa shape index (κ2) is 7.10. The standard InChI is InChI=1S/C17H18N6OS/c24-17(15-4-2-10-25-15)22-9-1-3-13(11-22)12-23-20-16(19-21-23)14-5-7-18-8-6-14/h2,4-8,10,13H,1,3,9,11-12H2/t13-/m1/s1. The maximum Gasteiger partial charge on any atom is 0.263 e. The van der Waals surface area contributed by atoms with Crippen molar-refractivity contribution in [3.05, 3.63) is 46.9 Å². The molecule has 4 rings (SSSR count). The quantitative estimate of drug-likeness (QED) is 0.719. The maximum atomic E-state index is 12.5. The minimum Gasteiger partial charge on any atom is -0.338 e. The number of hydrogen-bond donors (Lipinski definition) is 0. The van der Waals surface area contributed by atoms with Crippen molar-refractivity contribution in [1.29, 1.82) is 0 Å². The zero-order valence-corrected chi connectivity index (χ0v) is 14.5. The molecule has 3 aromatic rings. The Labute approximate surface area is 149 Å². The van der Waals surface area contributed by atoms with Crippen LogP contribution < -0.4 is 0 Å². The number of tetrazole rings is 1. The Morgan fingerprint density at radius 1 is 1.28 bits per heavy atom. The fourth-order valence-corrected chi connectivity index (χ4v) is 3.81. The highest BCUT2D eigenvalue weighted by Crippen LogP contribution is 2.21. The van der Waals surface area contributed by atoms with Gasteiger partial charge >= 0.3 is 0 Å². The van der Waals surface area contributed by atoms with Crippen LogP contribution >= 0.6 is 11.3 Å². The lowest BCUT2D eigenvalue weighted by Crippen LogP contribution is -2.41. The van der Waals surface area contributed by atoms with Gasteiger partial charge in [0.2, 0.25) is 5.82 Å². The first-order chi connectivity index (χ1) is 12.3. The van der Waals surface area contributed by atoms with Gasteiger partial charge in [0.05, 0.1) is 11.4 Å². The number of thiophene rings is 1. The second-order valence-corrected chi connectivity index (χ2v) is 7.09. The molecule has 25 heavy (non-hydrogen) atoms. The average molecular weight is 354 g/mol. The molecule has 3 aromatic heterocycles. The average Bonchev–Trinajstić information content (AvgIpc) is 3.34. The highest BCUT2D eigenvalue weighted by molar-refractivity contribution is 7.12. The highest BCUT2D eigenvalue weighted by Gasteiger charge is 2.25. The zero-order valence-electron chi connectivity index (χ0n) is 13.7. The van der Waals surface area contributed by atoms with Crippen molar-refractivity contribution in [1.82, 2.24) is 30.1 Å². The number of hydrogen-bond acceptors (Lipinski definition) is 6. The van der Waals surface area contributed by atoms with E-state index in [1.165, 1.54) is 11.3 Å². The Morgan fingerprint density at radius 2 is 2.16 bits per heavy atom. The van der Waals surface area contributed by atoms with Crippen LogP contribution in [0.3, 0.4) is 0 Å². The fraction of sp³-hybridized carbons (Fsp3) is 0.353. The number of rotatable bonds is 4. The molecule has 7 nitrogen and oxygen atoms in total. The molecule has 0 spiro atoms. The lowest BCUT2D eigenvalue weighted by Gasteiger charge is -2.32. The Morgan fingerprint density at radius 3 is 2.96 bits per heavy atom. The summed E-state index contributed by atoms with van der Waals surface area (Å²) in [5.74, 6) is 1.07. The zero-order chi connectivity index (χ0) is 17.1. The van der Waals surface area contributed by atoms with Crippen LogP contribution in [0, 0.1) is 5.92 Å². The van der Waals surface area contributed by atoms with E-state index in [1.807, 2.05) is 34.5 Å². The molecule has 0 N–H and O–H groups in total. The smallest absolute Gasteiger partial charge is 0.263 e. The number of aromatic nitrogens is 5. The van der Waals surface area contributed by atoms with Gasteiger partial charge in [-0.3, -0.25) is 9.78 Å². The van der Waals surface area contributed by atoms with Gasteiger partial charge in [-0.2, -0.15) is 4.80 Å². The van der Waals surface area contributed by atoms with E-state index in [2.05, 4.69) is 20.4 Å². The van der Waals surface area contributed by atoms with E-state index in [4.69, 9.17) is 0 Å². The largest absolute Gasteiger partial charge is 0.338 e. The molecule has 1 atom stereocenters. The topological polar surface area (TPSA) is 76.8 Å². The molecule has 0 saturated carbocycles. The van der Waals surface area contributed by atoms with E-state index < -0.39 is 0 Å². The van der Waals surface area contributed by atoms with Crippen molar-refractivity contribution in [2.45, 2.75) is 19.4 Å². The first-order valence-corrected chi connectivity index (χ1v) is 9.18. The van der Waals surface area contributed by atoms with Gasteiger partial charge in [-0.05, 0) is 47.6 Å². The maximum absolute atomic E-state index is 12.5. The molecule has 128 valence electrons. The number of piperidine rings is 1. The summed E-state index contributed by atoms with van der Waals surface area (Å²) in [7, 11) is 0. The van der Waals surface area contributed by atoms with Gasteiger partial charge in [0.25, 0.3) is 5.91 Å². The summed E-state index contributed by atoms with van der Waals surface area (Å²) in [5.41, 5.74) is 0.902. The van der Waals surface area contributed by atoms with Gasteiger partial charge in [-0.25, -0.2) is 0 Å². The second-order valence-electron chi connectivity index (χ2n) is 6.14. The van der Waals surface area contributed by atoms with Crippen molar-refractivity contribution >= 4 is 17.2 Å².